The van der Waals surface area contributed by atoms with Crippen LogP contribution in [0, 0.1) is 0 Å². The van der Waals surface area contributed by atoms with Gasteiger partial charge < -0.3 is 72.2 Å². The van der Waals surface area contributed by atoms with Gasteiger partial charge in [0, 0.05) is 98.1 Å². The molecule has 3 unspecified atom stereocenters. The van der Waals surface area contributed by atoms with Crippen molar-refractivity contribution >= 4 is 36.9 Å². The van der Waals surface area contributed by atoms with E-state index in [4.69, 9.17) is 15.3 Å². The van der Waals surface area contributed by atoms with Gasteiger partial charge in [-0.1, -0.05) is 28.2 Å². The van der Waals surface area contributed by atoms with Gasteiger partial charge in [-0.05, 0) is 19.3 Å². The van der Waals surface area contributed by atoms with Gasteiger partial charge in [-0.2, -0.15) is 0 Å². The summed E-state index contributed by atoms with van der Waals surface area (Å²) in [5.41, 5.74) is 0. The van der Waals surface area contributed by atoms with E-state index >= 15 is 0 Å². The standard InChI is InChI=1S/3C9H16O7.CH4.3Y/c3*1-3-7(10)6-16-9(12)15-5-4-14-8(11)13-2;;;;/h3*7,10H,3-6H2,1-2H3;1H4;;;. The number of carbonyl (C=O) groups is 6. The second-order valence-corrected chi connectivity index (χ2v) is 8.32. The third-order valence-electron chi connectivity index (χ3n) is 4.66. The number of aliphatic hydroxyl groups is 3. The molecule has 0 amide bonds. The average Bonchev–Trinajstić information content (AvgIpc) is 3.10. The van der Waals surface area contributed by atoms with Crippen LogP contribution in [0.25, 0.3) is 0 Å². The van der Waals surface area contributed by atoms with Crippen LogP contribution in [-0.4, -0.2) is 151 Å². The van der Waals surface area contributed by atoms with Crippen LogP contribution in [0.2, 0.25) is 0 Å². The van der Waals surface area contributed by atoms with E-state index in [0.29, 0.717) is 19.3 Å². The van der Waals surface area contributed by atoms with Gasteiger partial charge >= 0.3 is 36.9 Å². The summed E-state index contributed by atoms with van der Waals surface area (Å²) < 4.78 is 53.1. The minimum atomic E-state index is -0.916. The summed E-state index contributed by atoms with van der Waals surface area (Å²) in [6, 6.07) is 0. The Morgan fingerprint density at radius 3 is 0.712 bits per heavy atom. The fourth-order valence-electron chi connectivity index (χ4n) is 1.90. The van der Waals surface area contributed by atoms with Gasteiger partial charge in [-0.15, -0.1) is 0 Å². The fourth-order valence-corrected chi connectivity index (χ4v) is 1.90. The first-order valence-corrected chi connectivity index (χ1v) is 14.3. The maximum atomic E-state index is 10.9. The number of ether oxygens (including phenoxy) is 12. The third kappa shape index (κ3) is 50.9. The van der Waals surface area contributed by atoms with E-state index in [2.05, 4.69) is 56.8 Å². The van der Waals surface area contributed by atoms with Crippen LogP contribution in [0.15, 0.2) is 0 Å². The Bertz CT molecular complexity index is 774. The number of aliphatic hydroxyl groups excluding tert-OH is 3. The molecule has 0 fully saturated rings. The van der Waals surface area contributed by atoms with Gasteiger partial charge in [-0.3, -0.25) is 0 Å². The number of carbonyl (C=O) groups excluding carboxylic acids is 6. The molecule has 0 heterocycles. The van der Waals surface area contributed by atoms with Crippen LogP contribution in [-0.2, 0) is 155 Å². The van der Waals surface area contributed by atoms with Crippen LogP contribution in [0.1, 0.15) is 47.5 Å². The van der Waals surface area contributed by atoms with Crippen molar-refractivity contribution in [2.75, 3.05) is 80.8 Å². The molecular weight excluding hydrogens is 939 g/mol. The second-order valence-electron chi connectivity index (χ2n) is 8.32. The molecule has 21 nitrogen and oxygen atoms in total. The molecule has 0 rings (SSSR count). The Morgan fingerprint density at radius 1 is 0.385 bits per heavy atom. The molecule has 0 aromatic rings. The van der Waals surface area contributed by atoms with E-state index in [1.54, 1.807) is 20.8 Å². The molecule has 52 heavy (non-hydrogen) atoms. The second kappa shape index (κ2) is 47.8. The van der Waals surface area contributed by atoms with Crippen molar-refractivity contribution in [2.45, 2.75) is 65.8 Å². The van der Waals surface area contributed by atoms with Gasteiger partial charge in [0.15, 0.2) is 0 Å². The van der Waals surface area contributed by atoms with Crippen LogP contribution < -0.4 is 0 Å². The van der Waals surface area contributed by atoms with Crippen LogP contribution in [0.4, 0.5) is 28.8 Å². The predicted octanol–water partition coefficient (Wildman–Crippen LogP) is 2.71. The van der Waals surface area contributed by atoms with E-state index in [1.807, 2.05) is 0 Å². The largest absolute Gasteiger partial charge is 0.508 e. The van der Waals surface area contributed by atoms with Crippen molar-refractivity contribution in [3.63, 3.8) is 0 Å². The van der Waals surface area contributed by atoms with Gasteiger partial charge in [0.25, 0.3) is 0 Å². The summed E-state index contributed by atoms with van der Waals surface area (Å²) >= 11 is 0. The first-order chi connectivity index (χ1) is 22.8. The fraction of sp³-hybridized carbons (Fsp3) is 0.786. The molecular formula is C28H52O21Y3. The van der Waals surface area contributed by atoms with Crippen molar-refractivity contribution in [2.24, 2.45) is 0 Å². The first-order valence-electron chi connectivity index (χ1n) is 14.3. The Kier molecular flexibility index (Phi) is 60.4. The molecule has 0 aliphatic rings. The summed E-state index contributed by atoms with van der Waals surface area (Å²) in [5.74, 6) is 0. The zero-order chi connectivity index (χ0) is 37.2. The molecule has 0 aliphatic carbocycles. The summed E-state index contributed by atoms with van der Waals surface area (Å²) in [5, 5.41) is 27.2. The predicted molar refractivity (Wildman–Crippen MR) is 163 cm³/mol. The quantitative estimate of drug-likeness (QED) is 0.101. The number of methoxy groups -OCH3 is 3. The van der Waals surface area contributed by atoms with Gasteiger partial charge in [0.2, 0.25) is 0 Å². The third-order valence-corrected chi connectivity index (χ3v) is 4.66. The van der Waals surface area contributed by atoms with Crippen molar-refractivity contribution in [1.29, 1.82) is 0 Å². The SMILES string of the molecule is C.CCC(O)COC(=O)OCCOC(=O)OC.CCC(O)COC(=O)OCCOC(=O)OC.CCC(O)COC(=O)OCCOC(=O)OC.[Y].[Y].[Y]. The van der Waals surface area contributed by atoms with Crippen molar-refractivity contribution in [3.05, 3.63) is 0 Å². The molecule has 3 atom stereocenters. The molecule has 0 aromatic carbocycles. The average molecular weight is 991 g/mol. The van der Waals surface area contributed by atoms with Crippen molar-refractivity contribution in [1.82, 2.24) is 0 Å². The summed E-state index contributed by atoms with van der Waals surface area (Å²) in [4.78, 5) is 63.9. The number of hydrogen-bond acceptors (Lipinski definition) is 21. The van der Waals surface area contributed by atoms with Crippen LogP contribution >= 0.6 is 0 Å². The molecule has 24 heteroatoms. The van der Waals surface area contributed by atoms with Gasteiger partial charge in [0.1, 0.15) is 59.5 Å². The molecule has 3 radical (unpaired) electrons. The minimum Gasteiger partial charge on any atom is -0.438 e. The zero-order valence-corrected chi connectivity index (χ0v) is 38.2. The monoisotopic (exact) mass is 991 g/mol. The first kappa shape index (κ1) is 65.7. The normalized spacial score (nSPS) is 10.6. The maximum Gasteiger partial charge on any atom is 0.508 e. The smallest absolute Gasteiger partial charge is 0.438 e. The van der Waals surface area contributed by atoms with E-state index in [9.17, 15) is 28.8 Å². The number of rotatable bonds is 18. The van der Waals surface area contributed by atoms with Crippen molar-refractivity contribution < 1.29 is 199 Å². The van der Waals surface area contributed by atoms with Crippen molar-refractivity contribution in [3.8, 4) is 0 Å². The van der Waals surface area contributed by atoms with Gasteiger partial charge in [-0.25, -0.2) is 28.8 Å². The number of hydrogen-bond donors (Lipinski definition) is 3. The molecule has 0 bridgehead atoms. The molecule has 0 saturated carbocycles. The molecule has 3 N–H and O–H groups in total. The Labute approximate surface area is 378 Å². The molecule has 0 aliphatic heterocycles. The maximum absolute atomic E-state index is 10.9. The summed E-state index contributed by atoms with van der Waals surface area (Å²) in [7, 11) is 3.51. The van der Waals surface area contributed by atoms with E-state index < -0.39 is 55.2 Å². The van der Waals surface area contributed by atoms with E-state index in [0.717, 1.165) is 0 Å². The minimum absolute atomic E-state index is 0. The molecule has 0 spiro atoms. The Balaban J connectivity index is -0.000000112. The zero-order valence-electron chi connectivity index (χ0n) is 29.6. The Hall–Kier alpha value is -1.19. The van der Waals surface area contributed by atoms with Crippen LogP contribution in [0.5, 0.6) is 0 Å². The molecule has 0 aromatic heterocycles. The Morgan fingerprint density at radius 2 is 0.558 bits per heavy atom. The molecule has 0 saturated heterocycles. The van der Waals surface area contributed by atoms with Crippen LogP contribution in [0.3, 0.4) is 0 Å². The van der Waals surface area contributed by atoms with Gasteiger partial charge in [0.05, 0.1) is 39.6 Å². The van der Waals surface area contributed by atoms with E-state index in [-0.39, 0.29) is 165 Å². The van der Waals surface area contributed by atoms with E-state index in [1.165, 1.54) is 21.3 Å². The summed E-state index contributed by atoms with van der Waals surface area (Å²) in [6.45, 7) is 4.18. The topological polar surface area (TPSA) is 274 Å². The molecule has 299 valence electrons. The summed E-state index contributed by atoms with van der Waals surface area (Å²) in [6.07, 6.45) is -5.93.